The fourth-order valence-electron chi connectivity index (χ4n) is 8.54. The molecule has 3 aromatic carbocycles. The van der Waals surface area contributed by atoms with Gasteiger partial charge in [0.1, 0.15) is 0 Å². The van der Waals surface area contributed by atoms with Crippen molar-refractivity contribution in [2.45, 2.75) is 86.6 Å². The number of nitrogens with zero attached hydrogens (tertiary/aromatic N) is 2. The third-order valence-electron chi connectivity index (χ3n) is 11.9. The van der Waals surface area contributed by atoms with Crippen LogP contribution in [0.25, 0.3) is 21.8 Å². The molecule has 0 bridgehead atoms. The fourth-order valence-corrected chi connectivity index (χ4v) is 12.5. The second-order valence-electron chi connectivity index (χ2n) is 17.0. The predicted octanol–water partition coefficient (Wildman–Crippen LogP) is 2.98. The summed E-state index contributed by atoms with van der Waals surface area (Å²) in [6, 6.07) is 19.4. The average Bonchev–Trinajstić information content (AvgIpc) is 3.87. The van der Waals surface area contributed by atoms with Crippen LogP contribution in [0.15, 0.2) is 77.7 Å². The van der Waals surface area contributed by atoms with E-state index in [0.717, 1.165) is 30.6 Å². The van der Waals surface area contributed by atoms with Gasteiger partial charge >= 0.3 is 6.03 Å². The second kappa shape index (κ2) is 25.4. The molecule has 0 unspecified atom stereocenters. The van der Waals surface area contributed by atoms with Crippen molar-refractivity contribution in [3.8, 4) is 0 Å². The highest BCUT2D eigenvalue weighted by atomic mass is 32.2. The Bertz CT molecular complexity index is 2760. The molecule has 6 rings (SSSR count). The van der Waals surface area contributed by atoms with Gasteiger partial charge in [0.15, 0.2) is 6.54 Å². The quantitative estimate of drug-likeness (QED) is 0.0150. The number of nitrogens with one attached hydrogen (secondary N) is 4. The highest BCUT2D eigenvalue weighted by Gasteiger charge is 2.42. The highest BCUT2D eigenvalue weighted by Crippen LogP contribution is 2.33. The molecule has 2 fully saturated rings. The Balaban J connectivity index is 0.927. The lowest BCUT2D eigenvalue weighted by atomic mass is 10.0. The van der Waals surface area contributed by atoms with Crippen molar-refractivity contribution in [1.29, 1.82) is 0 Å². The third kappa shape index (κ3) is 15.8. The standard InChI is InChI=1S/C46H60N6O14S4/c53-41(16-6-5-15-40-44-37(32-67-40)49-46(56)50-44)47-22-26-65-28-29-66-27-23-48-42(54)17-7-10-33-18-20-34(21-19-33)70(63,64)52(25-9-31-69(60,61)62)45(55)43-35-11-1-3-13-38(35)51(24-8-30-68(57,58)59)39-14-4-2-12-36(39)43/h1-4,11-14,18-21,37,40,44H,5-10,15-17,22-32H2,(H5-,47,48,49,50,53,54,56,57,58,59,60,61,62)/p+1/t37-,40-,44-/m0/s1. The number of ether oxygens (including phenoxy) is 2. The lowest BCUT2D eigenvalue weighted by Crippen LogP contribution is -2.41. The molecule has 0 aliphatic carbocycles. The second-order valence-corrected chi connectivity index (χ2v) is 23.3. The number of hydrogen-bond acceptors (Lipinski definition) is 13. The first-order valence-corrected chi connectivity index (χ1v) is 28.9. The zero-order chi connectivity index (χ0) is 50.3. The number of urea groups is 1. The minimum atomic E-state index is -4.63. The molecule has 70 heavy (non-hydrogen) atoms. The minimum absolute atomic E-state index is 0.00817. The minimum Gasteiger partial charge on any atom is -0.377 e. The van der Waals surface area contributed by atoms with Gasteiger partial charge in [0.25, 0.3) is 36.2 Å². The summed E-state index contributed by atoms with van der Waals surface area (Å²) in [5.41, 5.74) is 1.70. The van der Waals surface area contributed by atoms with Crippen molar-refractivity contribution >= 4 is 87.6 Å². The van der Waals surface area contributed by atoms with Crippen molar-refractivity contribution in [2.75, 3.05) is 63.3 Å². The first kappa shape index (κ1) is 54.4. The average molecular weight is 1050 g/mol. The zero-order valence-electron chi connectivity index (χ0n) is 38.6. The number of aromatic nitrogens is 1. The molecule has 2 aliphatic rings. The van der Waals surface area contributed by atoms with E-state index in [4.69, 9.17) is 9.47 Å². The van der Waals surface area contributed by atoms with E-state index in [-0.39, 0.29) is 66.4 Å². The predicted molar refractivity (Wildman–Crippen MR) is 263 cm³/mol. The molecule has 0 spiro atoms. The highest BCUT2D eigenvalue weighted by molar-refractivity contribution is 8.00. The molecular formula is C46H61N6O14S4+. The molecule has 24 heteroatoms. The van der Waals surface area contributed by atoms with Gasteiger partial charge in [-0.15, -0.1) is 0 Å². The van der Waals surface area contributed by atoms with Crippen LogP contribution >= 0.6 is 11.8 Å². The molecule has 382 valence electrons. The van der Waals surface area contributed by atoms with Crippen molar-refractivity contribution < 1.29 is 67.6 Å². The van der Waals surface area contributed by atoms with Crippen LogP contribution < -0.4 is 25.8 Å². The number of fused-ring (bicyclic) bond motifs is 3. The number of rotatable bonds is 29. The van der Waals surface area contributed by atoms with Gasteiger partial charge in [-0.05, 0) is 61.9 Å². The van der Waals surface area contributed by atoms with Crippen molar-refractivity contribution in [3.05, 3.63) is 83.9 Å². The molecule has 5 amide bonds. The van der Waals surface area contributed by atoms with Crippen LogP contribution in [0.4, 0.5) is 4.79 Å². The molecule has 0 radical (unpaired) electrons. The van der Waals surface area contributed by atoms with E-state index in [2.05, 4.69) is 21.3 Å². The molecular weight excluding hydrogens is 989 g/mol. The Labute approximate surface area is 412 Å². The van der Waals surface area contributed by atoms with Crippen molar-refractivity contribution in [3.63, 3.8) is 0 Å². The lowest BCUT2D eigenvalue weighted by molar-refractivity contribution is -0.645. The van der Waals surface area contributed by atoms with Crippen LogP contribution in [0.1, 0.15) is 67.3 Å². The summed E-state index contributed by atoms with van der Waals surface area (Å²) in [4.78, 5) is 50.7. The summed E-state index contributed by atoms with van der Waals surface area (Å²) in [6.45, 7) is 1.48. The molecule has 2 aliphatic heterocycles. The number of hydrogen-bond donors (Lipinski definition) is 6. The molecule has 6 N–H and O–H groups in total. The Morgan fingerprint density at radius 3 is 1.89 bits per heavy atom. The Morgan fingerprint density at radius 1 is 0.714 bits per heavy atom. The van der Waals surface area contributed by atoms with Crippen molar-refractivity contribution in [2.24, 2.45) is 0 Å². The summed E-state index contributed by atoms with van der Waals surface area (Å²) < 4.78 is 107. The fraction of sp³-hybridized carbons (Fsp3) is 0.500. The molecule has 4 aromatic rings. The van der Waals surface area contributed by atoms with Gasteiger partial charge in [0.05, 0.1) is 71.2 Å². The van der Waals surface area contributed by atoms with E-state index < -0.39 is 60.6 Å². The van der Waals surface area contributed by atoms with Crippen LogP contribution in [0.2, 0.25) is 0 Å². The Kier molecular flexibility index (Phi) is 19.8. The van der Waals surface area contributed by atoms with E-state index in [1.54, 1.807) is 65.2 Å². The molecule has 3 atom stereocenters. The molecule has 0 saturated carbocycles. The van der Waals surface area contributed by atoms with E-state index in [1.165, 1.54) is 12.1 Å². The van der Waals surface area contributed by atoms with Crippen molar-refractivity contribution in [1.82, 2.24) is 25.6 Å². The number of amides is 5. The first-order chi connectivity index (χ1) is 33.4. The van der Waals surface area contributed by atoms with Crippen LogP contribution in [-0.4, -0.2) is 143 Å². The number of aryl methyl sites for hydroxylation is 2. The van der Waals surface area contributed by atoms with Gasteiger partial charge in [-0.3, -0.25) is 23.5 Å². The van der Waals surface area contributed by atoms with Gasteiger partial charge in [-0.1, -0.05) is 42.8 Å². The van der Waals surface area contributed by atoms with Gasteiger partial charge in [-0.25, -0.2) is 17.5 Å². The number of pyridine rings is 1. The van der Waals surface area contributed by atoms with Gasteiger partial charge in [0, 0.05) is 62.0 Å². The number of carbonyl (C=O) groups is 4. The maximum atomic E-state index is 14.7. The van der Waals surface area contributed by atoms with Crippen LogP contribution in [0, 0.1) is 0 Å². The maximum Gasteiger partial charge on any atom is 0.315 e. The van der Waals surface area contributed by atoms with E-state index in [9.17, 15) is 53.5 Å². The Hall–Kier alpha value is -4.95. The van der Waals surface area contributed by atoms with E-state index in [1.807, 2.05) is 11.8 Å². The summed E-state index contributed by atoms with van der Waals surface area (Å²) in [5, 5.41) is 12.6. The molecule has 20 nitrogen and oxygen atoms in total. The first-order valence-electron chi connectivity index (χ1n) is 23.2. The van der Waals surface area contributed by atoms with Crippen LogP contribution in [0.5, 0.6) is 0 Å². The molecule has 1 aromatic heterocycles. The Morgan fingerprint density at radius 2 is 1.29 bits per heavy atom. The topological polar surface area (TPSA) is 285 Å². The van der Waals surface area contributed by atoms with Gasteiger partial charge < -0.3 is 30.7 Å². The maximum absolute atomic E-state index is 14.7. The third-order valence-corrected chi connectivity index (χ3v) is 16.8. The number of para-hydroxylation sites is 2. The largest absolute Gasteiger partial charge is 0.377 e. The zero-order valence-corrected chi connectivity index (χ0v) is 41.9. The summed E-state index contributed by atoms with van der Waals surface area (Å²) in [5.74, 6) is -1.56. The number of benzene rings is 3. The van der Waals surface area contributed by atoms with Crippen LogP contribution in [-0.2, 0) is 62.3 Å². The summed E-state index contributed by atoms with van der Waals surface area (Å²) >= 11 is 1.86. The number of unbranched alkanes of at least 4 members (excludes halogenated alkanes) is 1. The molecule has 3 heterocycles. The van der Waals surface area contributed by atoms with Gasteiger partial charge in [0.2, 0.25) is 22.8 Å². The summed E-state index contributed by atoms with van der Waals surface area (Å²) in [7, 11) is -13.4. The van der Waals surface area contributed by atoms with Crippen LogP contribution in [0.3, 0.4) is 0 Å². The number of sulfonamides is 1. The SMILES string of the molecule is O=C(CCCC[C@@H]1SC[C@@H]2NC(=O)N[C@@H]21)NCCOCCOCCNC(=O)CCCc1ccc(S(=O)(=O)N(CCCS(=O)(=O)O)C(=O)c2c3ccccc3[n+](CCCS(=O)(=O)O)c3ccccc23)cc1. The lowest BCUT2D eigenvalue weighted by Gasteiger charge is -2.24. The number of carbonyl (C=O) groups excluding carboxylic acids is 4. The monoisotopic (exact) mass is 1050 g/mol. The number of thioether (sulfide) groups is 1. The summed E-state index contributed by atoms with van der Waals surface area (Å²) in [6.07, 6.45) is 3.80. The van der Waals surface area contributed by atoms with E-state index in [0.29, 0.717) is 83.5 Å². The van der Waals surface area contributed by atoms with Gasteiger partial charge in [-0.2, -0.15) is 33.2 Å². The van der Waals surface area contributed by atoms with E-state index >= 15 is 0 Å². The smallest absolute Gasteiger partial charge is 0.315 e. The molecule has 2 saturated heterocycles. The normalized spacial score (nSPS) is 17.0.